The molecular weight excluding hydrogens is 411 g/mol. The highest BCUT2D eigenvalue weighted by Crippen LogP contribution is 2.27. The minimum atomic E-state index is -1.25. The number of fused-ring (bicyclic) bond motifs is 1. The van der Waals surface area contributed by atoms with Crippen LogP contribution in [0.5, 0.6) is 5.75 Å². The highest BCUT2D eigenvalue weighted by atomic mass is 19.1. The summed E-state index contributed by atoms with van der Waals surface area (Å²) >= 11 is 0. The molecule has 162 valence electrons. The quantitative estimate of drug-likeness (QED) is 0.607. The summed E-state index contributed by atoms with van der Waals surface area (Å²) in [6.45, 7) is -0.100. The first-order valence-corrected chi connectivity index (χ1v) is 9.96. The van der Waals surface area contributed by atoms with E-state index in [-0.39, 0.29) is 18.0 Å². The monoisotopic (exact) mass is 432 g/mol. The van der Waals surface area contributed by atoms with Gasteiger partial charge in [0.15, 0.2) is 6.73 Å². The summed E-state index contributed by atoms with van der Waals surface area (Å²) in [5, 5.41) is 5.08. The van der Waals surface area contributed by atoms with Gasteiger partial charge in [-0.25, -0.2) is 14.2 Å². The van der Waals surface area contributed by atoms with E-state index in [1.807, 2.05) is 18.2 Å². The van der Waals surface area contributed by atoms with E-state index in [1.54, 1.807) is 61.6 Å². The molecule has 3 aromatic rings. The van der Waals surface area contributed by atoms with Crippen LogP contribution in [0, 0.1) is 5.82 Å². The van der Waals surface area contributed by atoms with Crippen LogP contribution < -0.4 is 20.3 Å². The number of hydrogen-bond donors (Lipinski definition) is 2. The van der Waals surface area contributed by atoms with Crippen molar-refractivity contribution in [3.63, 3.8) is 0 Å². The van der Waals surface area contributed by atoms with E-state index in [2.05, 4.69) is 15.6 Å². The van der Waals surface area contributed by atoms with Crippen LogP contribution >= 0.6 is 0 Å². The van der Waals surface area contributed by atoms with Crippen LogP contribution in [0.15, 0.2) is 83.9 Å². The summed E-state index contributed by atoms with van der Waals surface area (Å²) in [6, 6.07) is 21.6. The lowest BCUT2D eigenvalue weighted by atomic mass is 10.00. The fourth-order valence-corrected chi connectivity index (χ4v) is 3.36. The van der Waals surface area contributed by atoms with E-state index < -0.39 is 23.9 Å². The van der Waals surface area contributed by atoms with Crippen molar-refractivity contribution in [3.05, 3.63) is 95.8 Å². The third kappa shape index (κ3) is 4.44. The minimum Gasteiger partial charge on any atom is -0.473 e. The number of nitrogens with zero attached hydrogens (tertiary/aromatic N) is 2. The molecule has 0 fully saturated rings. The van der Waals surface area contributed by atoms with Crippen molar-refractivity contribution in [2.24, 2.45) is 4.99 Å². The molecule has 2 N–H and O–H groups in total. The van der Waals surface area contributed by atoms with Gasteiger partial charge in [-0.2, -0.15) is 0 Å². The molecule has 1 atom stereocenters. The normalized spacial score (nSPS) is 15.3. The molecule has 0 saturated carbocycles. The lowest BCUT2D eigenvalue weighted by Crippen LogP contribution is -2.50. The van der Waals surface area contributed by atoms with Crippen molar-refractivity contribution in [2.75, 3.05) is 18.7 Å². The first-order valence-electron chi connectivity index (χ1n) is 9.96. The molecule has 4 rings (SSSR count). The maximum Gasteiger partial charge on any atom is 0.319 e. The number of para-hydroxylation sites is 2. The predicted octanol–water partition coefficient (Wildman–Crippen LogP) is 3.30. The maximum atomic E-state index is 14.6. The standard InChI is InChI=1S/C24H21FN4O3/c1-29-20-14-8-6-12-18(20)21(17-11-5-7-13-19(17)25)27-22(23(29)30)28-24(31)26-15-32-16-9-3-2-4-10-16/h2-14,22H,15H2,1H3,(H2,26,28,31). The van der Waals surface area contributed by atoms with Crippen molar-refractivity contribution >= 4 is 23.3 Å². The molecule has 32 heavy (non-hydrogen) atoms. The van der Waals surface area contributed by atoms with Gasteiger partial charge in [0, 0.05) is 18.2 Å². The summed E-state index contributed by atoms with van der Waals surface area (Å²) in [5.41, 5.74) is 1.67. The van der Waals surface area contributed by atoms with Crippen LogP contribution in [0.3, 0.4) is 0 Å². The number of ether oxygens (including phenoxy) is 1. The zero-order chi connectivity index (χ0) is 22.5. The van der Waals surface area contributed by atoms with Crippen LogP contribution in [-0.4, -0.2) is 37.6 Å². The van der Waals surface area contributed by atoms with Gasteiger partial charge < -0.3 is 20.3 Å². The zero-order valence-electron chi connectivity index (χ0n) is 17.3. The number of halogens is 1. The second-order valence-electron chi connectivity index (χ2n) is 7.03. The number of carbonyl (C=O) groups excluding carboxylic acids is 2. The first-order chi connectivity index (χ1) is 15.5. The van der Waals surface area contributed by atoms with Crippen LogP contribution in [0.1, 0.15) is 11.1 Å². The highest BCUT2D eigenvalue weighted by Gasteiger charge is 2.31. The molecule has 0 spiro atoms. The lowest BCUT2D eigenvalue weighted by Gasteiger charge is -2.21. The smallest absolute Gasteiger partial charge is 0.319 e. The number of amides is 3. The Labute approximate surface area is 184 Å². The van der Waals surface area contributed by atoms with Gasteiger partial charge in [0.25, 0.3) is 5.91 Å². The third-order valence-corrected chi connectivity index (χ3v) is 4.95. The van der Waals surface area contributed by atoms with Crippen molar-refractivity contribution < 1.29 is 18.7 Å². The van der Waals surface area contributed by atoms with Gasteiger partial charge in [-0.15, -0.1) is 0 Å². The number of urea groups is 1. The van der Waals surface area contributed by atoms with E-state index in [9.17, 15) is 14.0 Å². The van der Waals surface area contributed by atoms with E-state index in [1.165, 1.54) is 11.0 Å². The number of nitrogens with one attached hydrogen (secondary N) is 2. The van der Waals surface area contributed by atoms with Crippen LogP contribution in [0.4, 0.5) is 14.9 Å². The Bertz CT molecular complexity index is 1170. The molecule has 1 unspecified atom stereocenters. The molecule has 7 nitrogen and oxygen atoms in total. The van der Waals surface area contributed by atoms with Crippen LogP contribution in [0.25, 0.3) is 0 Å². The molecule has 3 aromatic carbocycles. The summed E-state index contributed by atoms with van der Waals surface area (Å²) in [5.74, 6) is -0.339. The average Bonchev–Trinajstić information content (AvgIpc) is 2.91. The van der Waals surface area contributed by atoms with Crippen LogP contribution in [-0.2, 0) is 4.79 Å². The minimum absolute atomic E-state index is 0.100. The fourth-order valence-electron chi connectivity index (χ4n) is 3.36. The predicted molar refractivity (Wildman–Crippen MR) is 119 cm³/mol. The summed E-state index contributed by atoms with van der Waals surface area (Å²) in [4.78, 5) is 31.3. The number of aliphatic imine (C=N–C) groups is 1. The molecule has 3 amide bonds. The van der Waals surface area contributed by atoms with E-state index in [0.717, 1.165) is 0 Å². The molecule has 1 aliphatic heterocycles. The molecule has 0 radical (unpaired) electrons. The highest BCUT2D eigenvalue weighted by molar-refractivity contribution is 6.20. The Kier molecular flexibility index (Phi) is 6.12. The van der Waals surface area contributed by atoms with Gasteiger partial charge in [0.05, 0.1) is 11.4 Å². The molecule has 0 aliphatic carbocycles. The summed E-state index contributed by atoms with van der Waals surface area (Å²) < 4.78 is 20.1. The molecule has 0 saturated heterocycles. The van der Waals surface area contributed by atoms with Crippen molar-refractivity contribution in [3.8, 4) is 5.75 Å². The lowest BCUT2D eigenvalue weighted by molar-refractivity contribution is -0.119. The molecular formula is C24H21FN4O3. The van der Waals surface area contributed by atoms with Gasteiger partial charge >= 0.3 is 6.03 Å². The van der Waals surface area contributed by atoms with E-state index >= 15 is 0 Å². The molecule has 0 bridgehead atoms. The van der Waals surface area contributed by atoms with Crippen molar-refractivity contribution in [2.45, 2.75) is 6.17 Å². The van der Waals surface area contributed by atoms with Crippen LogP contribution in [0.2, 0.25) is 0 Å². The maximum absolute atomic E-state index is 14.6. The Morgan fingerprint density at radius 2 is 1.66 bits per heavy atom. The van der Waals surface area contributed by atoms with Gasteiger partial charge in [-0.1, -0.05) is 48.5 Å². The SMILES string of the molecule is CN1C(=O)C(NC(=O)NCOc2ccccc2)N=C(c2ccccc2F)c2ccccc21. The number of likely N-dealkylation sites (N-methyl/N-ethyl adjacent to an activating group) is 1. The fraction of sp³-hybridized carbons (Fsp3) is 0.125. The molecule has 1 heterocycles. The Hall–Kier alpha value is -4.20. The van der Waals surface area contributed by atoms with Crippen molar-refractivity contribution in [1.29, 1.82) is 0 Å². The Morgan fingerprint density at radius 3 is 2.41 bits per heavy atom. The van der Waals surface area contributed by atoms with Gasteiger partial charge in [0.1, 0.15) is 11.6 Å². The number of anilines is 1. The second kappa shape index (κ2) is 9.30. The number of hydrogen-bond acceptors (Lipinski definition) is 4. The third-order valence-electron chi connectivity index (χ3n) is 4.95. The molecule has 1 aliphatic rings. The number of rotatable bonds is 5. The second-order valence-corrected chi connectivity index (χ2v) is 7.03. The zero-order valence-corrected chi connectivity index (χ0v) is 17.3. The molecule has 0 aromatic heterocycles. The Balaban J connectivity index is 1.59. The average molecular weight is 432 g/mol. The molecule has 8 heteroatoms. The van der Waals surface area contributed by atoms with E-state index in [0.29, 0.717) is 17.0 Å². The topological polar surface area (TPSA) is 83.0 Å². The van der Waals surface area contributed by atoms with Crippen molar-refractivity contribution in [1.82, 2.24) is 10.6 Å². The summed E-state index contributed by atoms with van der Waals surface area (Å²) in [7, 11) is 1.59. The van der Waals surface area contributed by atoms with Gasteiger partial charge in [0.2, 0.25) is 6.17 Å². The number of benzene rings is 3. The summed E-state index contributed by atoms with van der Waals surface area (Å²) in [6.07, 6.45) is -1.25. The van der Waals surface area contributed by atoms with Gasteiger partial charge in [-0.05, 0) is 30.3 Å². The largest absolute Gasteiger partial charge is 0.473 e. The number of benzodiazepines with no additional fused rings is 1. The number of carbonyl (C=O) groups is 2. The Morgan fingerprint density at radius 1 is 1.00 bits per heavy atom. The van der Waals surface area contributed by atoms with Gasteiger partial charge in [-0.3, -0.25) is 4.79 Å². The first kappa shape index (κ1) is 21.0. The van der Waals surface area contributed by atoms with E-state index in [4.69, 9.17) is 4.74 Å².